The molecule has 0 N–H and O–H groups in total. The molecule has 0 aliphatic carbocycles. The summed E-state index contributed by atoms with van der Waals surface area (Å²) in [5.41, 5.74) is 0. The Hall–Kier alpha value is -0.570. The highest BCUT2D eigenvalue weighted by Gasteiger charge is 2.10. The van der Waals surface area contributed by atoms with Crippen molar-refractivity contribution in [3.05, 3.63) is 22.8 Å². The molecule has 0 unspecified atom stereocenters. The molecule has 0 amide bonds. The van der Waals surface area contributed by atoms with Crippen molar-refractivity contribution in [2.24, 2.45) is 0 Å². The van der Waals surface area contributed by atoms with E-state index in [4.69, 9.17) is 0 Å². The molecular formula is C11H15BrN2. The Morgan fingerprint density at radius 1 is 1.07 bits per heavy atom. The summed E-state index contributed by atoms with van der Waals surface area (Å²) in [4.78, 5) is 6.87. The number of aromatic nitrogens is 1. The number of nitrogens with zero attached hydrogens (tertiary/aromatic N) is 2. The summed E-state index contributed by atoms with van der Waals surface area (Å²) in [6.07, 6.45) is 5.33. The molecule has 0 saturated carbocycles. The molecule has 0 atom stereocenters. The largest absolute Gasteiger partial charge is 0.357 e. The van der Waals surface area contributed by atoms with E-state index in [0.29, 0.717) is 0 Å². The highest BCUT2D eigenvalue weighted by molar-refractivity contribution is 9.10. The molecule has 1 saturated heterocycles. The third kappa shape index (κ3) is 2.47. The van der Waals surface area contributed by atoms with Gasteiger partial charge in [-0.1, -0.05) is 18.9 Å². The highest BCUT2D eigenvalue weighted by atomic mass is 79.9. The van der Waals surface area contributed by atoms with E-state index >= 15 is 0 Å². The number of hydrogen-bond acceptors (Lipinski definition) is 2. The topological polar surface area (TPSA) is 16.1 Å². The molecule has 1 aromatic heterocycles. The summed E-state index contributed by atoms with van der Waals surface area (Å²) >= 11 is 3.41. The number of halogens is 1. The molecule has 0 spiro atoms. The summed E-state index contributed by atoms with van der Waals surface area (Å²) in [5, 5.41) is 0. The smallest absolute Gasteiger partial charge is 0.129 e. The van der Waals surface area contributed by atoms with Gasteiger partial charge in [-0.3, -0.25) is 0 Å². The number of pyridine rings is 1. The quantitative estimate of drug-likeness (QED) is 0.716. The second-order valence-electron chi connectivity index (χ2n) is 3.72. The van der Waals surface area contributed by atoms with Crippen LogP contribution in [0.2, 0.25) is 0 Å². The zero-order valence-electron chi connectivity index (χ0n) is 8.25. The van der Waals surface area contributed by atoms with Crippen LogP contribution in [-0.2, 0) is 0 Å². The molecule has 2 nitrogen and oxygen atoms in total. The Morgan fingerprint density at radius 2 is 1.79 bits per heavy atom. The van der Waals surface area contributed by atoms with E-state index < -0.39 is 0 Å². The first kappa shape index (κ1) is 9.97. The molecule has 76 valence electrons. The van der Waals surface area contributed by atoms with Crippen LogP contribution in [0.15, 0.2) is 22.8 Å². The van der Waals surface area contributed by atoms with Crippen LogP contribution >= 0.6 is 15.9 Å². The van der Waals surface area contributed by atoms with E-state index in [2.05, 4.69) is 37.9 Å². The lowest BCUT2D eigenvalue weighted by molar-refractivity contribution is 0.726. The minimum atomic E-state index is 0.930. The fraction of sp³-hybridized carbons (Fsp3) is 0.545. The van der Waals surface area contributed by atoms with Gasteiger partial charge in [-0.05, 0) is 40.9 Å². The van der Waals surface area contributed by atoms with Crippen molar-refractivity contribution in [3.63, 3.8) is 0 Å². The van der Waals surface area contributed by atoms with Gasteiger partial charge in [0, 0.05) is 13.1 Å². The number of anilines is 1. The van der Waals surface area contributed by atoms with Crippen molar-refractivity contribution in [1.29, 1.82) is 0 Å². The summed E-state index contributed by atoms with van der Waals surface area (Å²) in [7, 11) is 0. The molecule has 1 aliphatic rings. The molecular weight excluding hydrogens is 240 g/mol. The predicted octanol–water partition coefficient (Wildman–Crippen LogP) is 3.22. The van der Waals surface area contributed by atoms with Crippen molar-refractivity contribution < 1.29 is 0 Å². The van der Waals surface area contributed by atoms with Crippen molar-refractivity contribution in [2.45, 2.75) is 25.7 Å². The van der Waals surface area contributed by atoms with Crippen LogP contribution in [0.1, 0.15) is 25.7 Å². The molecule has 1 aromatic rings. The van der Waals surface area contributed by atoms with Crippen LogP contribution in [0.5, 0.6) is 0 Å². The number of hydrogen-bond donors (Lipinski definition) is 0. The summed E-state index contributed by atoms with van der Waals surface area (Å²) in [6, 6.07) is 6.12. The van der Waals surface area contributed by atoms with Crippen LogP contribution < -0.4 is 4.90 Å². The molecule has 14 heavy (non-hydrogen) atoms. The summed E-state index contributed by atoms with van der Waals surface area (Å²) in [5.74, 6) is 1.11. The molecule has 2 rings (SSSR count). The lowest BCUT2D eigenvalue weighted by Gasteiger charge is -2.21. The zero-order valence-corrected chi connectivity index (χ0v) is 9.83. The van der Waals surface area contributed by atoms with Crippen molar-refractivity contribution in [1.82, 2.24) is 4.98 Å². The lowest BCUT2D eigenvalue weighted by atomic mass is 10.2. The first-order valence-electron chi connectivity index (χ1n) is 5.24. The van der Waals surface area contributed by atoms with E-state index in [1.54, 1.807) is 0 Å². The molecule has 2 heterocycles. The van der Waals surface area contributed by atoms with Crippen LogP contribution in [-0.4, -0.2) is 18.1 Å². The summed E-state index contributed by atoms with van der Waals surface area (Å²) < 4.78 is 0.930. The van der Waals surface area contributed by atoms with Gasteiger partial charge in [-0.2, -0.15) is 0 Å². The van der Waals surface area contributed by atoms with Gasteiger partial charge in [0.05, 0.1) is 0 Å². The van der Waals surface area contributed by atoms with Gasteiger partial charge in [0.1, 0.15) is 10.4 Å². The minimum absolute atomic E-state index is 0.930. The van der Waals surface area contributed by atoms with E-state index in [1.165, 1.54) is 25.7 Å². The molecule has 0 bridgehead atoms. The standard InChI is InChI=1S/C11H15BrN2/c12-10-6-5-7-11(13-10)14-8-3-1-2-4-9-14/h5-7H,1-4,8-9H2. The second kappa shape index (κ2) is 4.78. The summed E-state index contributed by atoms with van der Waals surface area (Å²) in [6.45, 7) is 2.31. The second-order valence-corrected chi connectivity index (χ2v) is 4.53. The monoisotopic (exact) mass is 254 g/mol. The van der Waals surface area contributed by atoms with Crippen LogP contribution in [0.3, 0.4) is 0 Å². The lowest BCUT2D eigenvalue weighted by Crippen LogP contribution is -2.24. The third-order valence-corrected chi connectivity index (χ3v) is 3.07. The molecule has 3 heteroatoms. The van der Waals surface area contributed by atoms with E-state index in [1.807, 2.05) is 6.07 Å². The highest BCUT2D eigenvalue weighted by Crippen LogP contribution is 2.18. The van der Waals surface area contributed by atoms with Crippen LogP contribution in [0.25, 0.3) is 0 Å². The van der Waals surface area contributed by atoms with Gasteiger partial charge in [-0.15, -0.1) is 0 Å². The van der Waals surface area contributed by atoms with E-state index in [-0.39, 0.29) is 0 Å². The Kier molecular flexibility index (Phi) is 3.40. The average molecular weight is 255 g/mol. The van der Waals surface area contributed by atoms with Crippen LogP contribution in [0, 0.1) is 0 Å². The Balaban J connectivity index is 2.12. The Bertz CT molecular complexity index is 293. The van der Waals surface area contributed by atoms with Crippen LogP contribution in [0.4, 0.5) is 5.82 Å². The first-order valence-corrected chi connectivity index (χ1v) is 6.03. The molecule has 1 aliphatic heterocycles. The van der Waals surface area contributed by atoms with Gasteiger partial charge < -0.3 is 4.90 Å². The van der Waals surface area contributed by atoms with Crippen molar-refractivity contribution >= 4 is 21.7 Å². The maximum absolute atomic E-state index is 4.48. The third-order valence-electron chi connectivity index (χ3n) is 2.63. The maximum atomic E-state index is 4.48. The molecule has 0 aromatic carbocycles. The van der Waals surface area contributed by atoms with E-state index in [0.717, 1.165) is 23.5 Å². The van der Waals surface area contributed by atoms with Gasteiger partial charge >= 0.3 is 0 Å². The maximum Gasteiger partial charge on any atom is 0.129 e. The average Bonchev–Trinajstić information content (AvgIpc) is 2.45. The van der Waals surface area contributed by atoms with Gasteiger partial charge in [0.25, 0.3) is 0 Å². The SMILES string of the molecule is Brc1cccc(N2CCCCCC2)n1. The van der Waals surface area contributed by atoms with Gasteiger partial charge in [-0.25, -0.2) is 4.98 Å². The van der Waals surface area contributed by atoms with Gasteiger partial charge in [0.15, 0.2) is 0 Å². The van der Waals surface area contributed by atoms with Crippen molar-refractivity contribution in [2.75, 3.05) is 18.0 Å². The van der Waals surface area contributed by atoms with E-state index in [9.17, 15) is 0 Å². The fourth-order valence-electron chi connectivity index (χ4n) is 1.87. The molecule has 0 radical (unpaired) electrons. The Morgan fingerprint density at radius 3 is 2.43 bits per heavy atom. The van der Waals surface area contributed by atoms with Crippen molar-refractivity contribution in [3.8, 4) is 0 Å². The first-order chi connectivity index (χ1) is 6.86. The Labute approximate surface area is 93.5 Å². The molecule has 1 fully saturated rings. The minimum Gasteiger partial charge on any atom is -0.357 e. The fourth-order valence-corrected chi connectivity index (χ4v) is 2.21. The normalized spacial score (nSPS) is 17.9. The zero-order chi connectivity index (χ0) is 9.80. The predicted molar refractivity (Wildman–Crippen MR) is 62.6 cm³/mol. The van der Waals surface area contributed by atoms with Gasteiger partial charge in [0.2, 0.25) is 0 Å². The number of rotatable bonds is 1.